The van der Waals surface area contributed by atoms with Crippen molar-refractivity contribution in [1.82, 2.24) is 4.90 Å². The van der Waals surface area contributed by atoms with E-state index < -0.39 is 17.7 Å². The number of nitrogens with zero attached hydrogens (tertiary/aromatic N) is 1. The summed E-state index contributed by atoms with van der Waals surface area (Å²) in [7, 11) is 4.52. The van der Waals surface area contributed by atoms with Crippen molar-refractivity contribution >= 4 is 17.4 Å². The Bertz CT molecular complexity index is 997. The Morgan fingerprint density at radius 3 is 2.40 bits per heavy atom. The van der Waals surface area contributed by atoms with Crippen molar-refractivity contribution in [3.8, 4) is 17.2 Å². The number of likely N-dealkylation sites (tertiary alicyclic amines) is 1. The van der Waals surface area contributed by atoms with Crippen LogP contribution in [0.3, 0.4) is 0 Å². The summed E-state index contributed by atoms with van der Waals surface area (Å²) < 4.78 is 16.2. The number of Topliss-reactive ketones (excluding diaryl/α,β-unsaturated/α-hetero) is 1. The van der Waals surface area contributed by atoms with Crippen LogP contribution in [0.15, 0.2) is 48.0 Å². The molecular weight excluding hydrogens is 386 g/mol. The maximum absolute atomic E-state index is 13.0. The molecule has 7 heteroatoms. The van der Waals surface area contributed by atoms with Gasteiger partial charge in [0, 0.05) is 17.7 Å². The first-order chi connectivity index (χ1) is 14.5. The summed E-state index contributed by atoms with van der Waals surface area (Å²) in [5.74, 6) is -0.254. The van der Waals surface area contributed by atoms with Gasteiger partial charge in [-0.15, -0.1) is 0 Å². The fraction of sp³-hybridized carbons (Fsp3) is 0.304. The lowest BCUT2D eigenvalue weighted by Crippen LogP contribution is -2.30. The van der Waals surface area contributed by atoms with E-state index in [4.69, 9.17) is 14.2 Å². The molecule has 2 aromatic carbocycles. The molecule has 0 spiro atoms. The molecule has 1 fully saturated rings. The number of carbonyl (C=O) groups is 2. The molecular formula is C23H25NO6. The van der Waals surface area contributed by atoms with Gasteiger partial charge in [-0.2, -0.15) is 0 Å². The van der Waals surface area contributed by atoms with E-state index in [1.54, 1.807) is 42.5 Å². The van der Waals surface area contributed by atoms with Gasteiger partial charge < -0.3 is 24.2 Å². The van der Waals surface area contributed by atoms with E-state index in [9.17, 15) is 14.7 Å². The third-order valence-electron chi connectivity index (χ3n) is 5.08. The zero-order chi connectivity index (χ0) is 21.8. The zero-order valence-corrected chi connectivity index (χ0v) is 17.5. The minimum absolute atomic E-state index is 0.00764. The number of ether oxygens (including phenoxy) is 3. The lowest BCUT2D eigenvalue weighted by Gasteiger charge is -2.26. The Labute approximate surface area is 175 Å². The molecule has 0 radical (unpaired) electrons. The minimum Gasteiger partial charge on any atom is -0.507 e. The van der Waals surface area contributed by atoms with E-state index in [-0.39, 0.29) is 11.3 Å². The number of hydrogen-bond donors (Lipinski definition) is 1. The first kappa shape index (κ1) is 21.2. The van der Waals surface area contributed by atoms with Gasteiger partial charge in [-0.05, 0) is 24.6 Å². The number of rotatable bonds is 7. The molecule has 158 valence electrons. The molecule has 1 atom stereocenters. The van der Waals surface area contributed by atoms with Gasteiger partial charge in [0.1, 0.15) is 11.5 Å². The molecule has 1 N–H and O–H groups in total. The molecule has 0 aliphatic carbocycles. The molecule has 0 saturated carbocycles. The number of hydrogen-bond acceptors (Lipinski definition) is 6. The average Bonchev–Trinajstić information content (AvgIpc) is 3.03. The van der Waals surface area contributed by atoms with Crippen molar-refractivity contribution < 1.29 is 28.9 Å². The van der Waals surface area contributed by atoms with Crippen LogP contribution in [-0.4, -0.2) is 49.6 Å². The highest BCUT2D eigenvalue weighted by atomic mass is 16.5. The summed E-state index contributed by atoms with van der Waals surface area (Å²) in [5, 5.41) is 11.1. The van der Waals surface area contributed by atoms with Gasteiger partial charge in [0.05, 0.1) is 32.9 Å². The summed E-state index contributed by atoms with van der Waals surface area (Å²) in [5.41, 5.74) is 0.956. The second-order valence-corrected chi connectivity index (χ2v) is 6.81. The smallest absolute Gasteiger partial charge is 0.295 e. The van der Waals surface area contributed by atoms with Crippen molar-refractivity contribution in [1.29, 1.82) is 0 Å². The van der Waals surface area contributed by atoms with Crippen molar-refractivity contribution in [2.75, 3.05) is 27.9 Å². The topological polar surface area (TPSA) is 85.3 Å². The maximum Gasteiger partial charge on any atom is 0.295 e. The number of para-hydroxylation sites is 1. The van der Waals surface area contributed by atoms with E-state index >= 15 is 0 Å². The van der Waals surface area contributed by atoms with Crippen LogP contribution >= 0.6 is 0 Å². The van der Waals surface area contributed by atoms with Crippen molar-refractivity contribution in [2.24, 2.45) is 0 Å². The third kappa shape index (κ3) is 3.58. The molecule has 0 bridgehead atoms. The number of methoxy groups -OCH3 is 3. The van der Waals surface area contributed by atoms with Gasteiger partial charge >= 0.3 is 0 Å². The third-order valence-corrected chi connectivity index (χ3v) is 5.08. The molecule has 1 heterocycles. The van der Waals surface area contributed by atoms with Gasteiger partial charge in [0.15, 0.2) is 11.5 Å². The Kier molecular flexibility index (Phi) is 6.30. The summed E-state index contributed by atoms with van der Waals surface area (Å²) in [4.78, 5) is 27.3. The largest absolute Gasteiger partial charge is 0.507 e. The summed E-state index contributed by atoms with van der Waals surface area (Å²) >= 11 is 0. The first-order valence-electron chi connectivity index (χ1n) is 9.62. The van der Waals surface area contributed by atoms with Crippen LogP contribution in [-0.2, 0) is 9.59 Å². The molecule has 1 unspecified atom stereocenters. The fourth-order valence-electron chi connectivity index (χ4n) is 3.73. The van der Waals surface area contributed by atoms with Crippen molar-refractivity contribution in [2.45, 2.75) is 19.4 Å². The number of amides is 1. The molecule has 2 aromatic rings. The summed E-state index contributed by atoms with van der Waals surface area (Å²) in [6.45, 7) is 2.27. The van der Waals surface area contributed by atoms with Crippen molar-refractivity contribution in [3.05, 3.63) is 59.2 Å². The van der Waals surface area contributed by atoms with Gasteiger partial charge in [-0.25, -0.2) is 0 Å². The number of carbonyl (C=O) groups excluding carboxylic acids is 2. The maximum atomic E-state index is 13.0. The Morgan fingerprint density at radius 1 is 1.03 bits per heavy atom. The number of ketones is 1. The van der Waals surface area contributed by atoms with Crippen LogP contribution < -0.4 is 14.2 Å². The van der Waals surface area contributed by atoms with E-state index in [1.165, 1.54) is 26.2 Å². The molecule has 3 rings (SSSR count). The quantitative estimate of drug-likeness (QED) is 0.426. The molecule has 0 aromatic heterocycles. The Balaban J connectivity index is 2.27. The van der Waals surface area contributed by atoms with Crippen LogP contribution in [0.2, 0.25) is 0 Å². The predicted molar refractivity (Wildman–Crippen MR) is 112 cm³/mol. The van der Waals surface area contributed by atoms with Crippen LogP contribution in [0, 0.1) is 0 Å². The van der Waals surface area contributed by atoms with E-state index in [0.717, 1.165) is 0 Å². The standard InChI is InChI=1S/C23H25NO6/c1-5-12-24-19(16-10-7-11-17(29-3)22(16)30-4)18(21(26)23(24)27)20(25)14-8-6-9-15(13-14)28-2/h6-11,13,19,25H,5,12H2,1-4H3/b20-18+. The first-order valence-corrected chi connectivity index (χ1v) is 9.62. The minimum atomic E-state index is -0.804. The van der Waals surface area contributed by atoms with E-state index in [0.29, 0.717) is 41.3 Å². The highest BCUT2D eigenvalue weighted by molar-refractivity contribution is 6.46. The van der Waals surface area contributed by atoms with E-state index in [1.807, 2.05) is 6.92 Å². The highest BCUT2D eigenvalue weighted by Gasteiger charge is 2.47. The van der Waals surface area contributed by atoms with Gasteiger partial charge in [-0.1, -0.05) is 31.2 Å². The number of aliphatic hydroxyl groups excluding tert-OH is 1. The normalized spacial score (nSPS) is 17.9. The Morgan fingerprint density at radius 2 is 1.77 bits per heavy atom. The molecule has 1 aliphatic heterocycles. The zero-order valence-electron chi connectivity index (χ0n) is 17.5. The Hall–Kier alpha value is -3.48. The van der Waals surface area contributed by atoms with Crippen LogP contribution in [0.4, 0.5) is 0 Å². The van der Waals surface area contributed by atoms with Crippen LogP contribution in [0.5, 0.6) is 17.2 Å². The average molecular weight is 411 g/mol. The second kappa shape index (κ2) is 8.90. The fourth-order valence-corrected chi connectivity index (χ4v) is 3.73. The predicted octanol–water partition coefficient (Wildman–Crippen LogP) is 3.54. The number of aliphatic hydroxyl groups is 1. The van der Waals surface area contributed by atoms with Crippen LogP contribution in [0.25, 0.3) is 5.76 Å². The molecule has 1 aliphatic rings. The lowest BCUT2D eigenvalue weighted by molar-refractivity contribution is -0.139. The molecule has 1 amide bonds. The van der Waals surface area contributed by atoms with Gasteiger partial charge in [0.2, 0.25) is 0 Å². The second-order valence-electron chi connectivity index (χ2n) is 6.81. The molecule has 7 nitrogen and oxygen atoms in total. The molecule has 1 saturated heterocycles. The van der Waals surface area contributed by atoms with Gasteiger partial charge in [0.25, 0.3) is 11.7 Å². The molecule has 30 heavy (non-hydrogen) atoms. The SMILES string of the molecule is CCCN1C(=O)C(=O)/C(=C(/O)c2cccc(OC)c2)C1c1cccc(OC)c1OC. The van der Waals surface area contributed by atoms with Crippen molar-refractivity contribution in [3.63, 3.8) is 0 Å². The monoisotopic (exact) mass is 411 g/mol. The van der Waals surface area contributed by atoms with E-state index in [2.05, 4.69) is 0 Å². The van der Waals surface area contributed by atoms with Gasteiger partial charge in [-0.3, -0.25) is 9.59 Å². The highest BCUT2D eigenvalue weighted by Crippen LogP contribution is 2.45. The summed E-state index contributed by atoms with van der Waals surface area (Å²) in [6.07, 6.45) is 0.648. The summed E-state index contributed by atoms with van der Waals surface area (Å²) in [6, 6.07) is 11.2. The van der Waals surface area contributed by atoms with Crippen LogP contribution in [0.1, 0.15) is 30.5 Å². The number of benzene rings is 2. The lowest BCUT2D eigenvalue weighted by atomic mass is 9.94.